The average molecular weight is 240 g/mol. The Kier molecular flexibility index (Phi) is 3.39. The highest BCUT2D eigenvalue weighted by atomic mass is 16.1. The molecule has 0 saturated heterocycles. The Bertz CT molecular complexity index is 609. The summed E-state index contributed by atoms with van der Waals surface area (Å²) < 4.78 is 1.69. The molecule has 0 spiro atoms. The number of rotatable bonds is 3. The zero-order valence-corrected chi connectivity index (χ0v) is 9.92. The van der Waals surface area contributed by atoms with E-state index in [1.807, 2.05) is 43.5 Å². The van der Waals surface area contributed by atoms with Crippen LogP contribution in [0.3, 0.4) is 0 Å². The van der Waals surface area contributed by atoms with Gasteiger partial charge in [0.15, 0.2) is 0 Å². The second-order valence-corrected chi connectivity index (χ2v) is 3.80. The zero-order chi connectivity index (χ0) is 13.0. The summed E-state index contributed by atoms with van der Waals surface area (Å²) in [6, 6.07) is 11.0. The molecule has 2 rings (SSSR count). The number of nitriles is 1. The first-order chi connectivity index (χ1) is 8.70. The van der Waals surface area contributed by atoms with E-state index in [4.69, 9.17) is 5.26 Å². The van der Waals surface area contributed by atoms with Gasteiger partial charge in [0, 0.05) is 6.20 Å². The van der Waals surface area contributed by atoms with Crippen molar-refractivity contribution in [2.45, 2.75) is 13.3 Å². The topological polar surface area (TPSA) is 70.7 Å². The number of benzene rings is 1. The number of nitrogens with one attached hydrogen (secondary N) is 1. The van der Waals surface area contributed by atoms with Gasteiger partial charge in [-0.2, -0.15) is 10.4 Å². The van der Waals surface area contributed by atoms with E-state index in [2.05, 4.69) is 10.4 Å². The van der Waals surface area contributed by atoms with Crippen LogP contribution in [0, 0.1) is 18.3 Å². The van der Waals surface area contributed by atoms with Gasteiger partial charge >= 0.3 is 0 Å². The summed E-state index contributed by atoms with van der Waals surface area (Å²) in [5.74, 6) is -0.325. The van der Waals surface area contributed by atoms with Gasteiger partial charge in [0.05, 0.1) is 23.1 Å². The number of carbonyl (C=O) groups is 1. The van der Waals surface area contributed by atoms with Crippen molar-refractivity contribution in [3.05, 3.63) is 42.2 Å². The first-order valence-electron chi connectivity index (χ1n) is 5.49. The van der Waals surface area contributed by atoms with Crippen molar-refractivity contribution in [2.75, 3.05) is 5.32 Å². The van der Waals surface area contributed by atoms with Gasteiger partial charge in [-0.15, -0.1) is 0 Å². The van der Waals surface area contributed by atoms with Crippen molar-refractivity contribution in [2.24, 2.45) is 0 Å². The maximum atomic E-state index is 11.4. The van der Waals surface area contributed by atoms with Crippen LogP contribution < -0.4 is 5.32 Å². The fourth-order valence-electron chi connectivity index (χ4n) is 1.59. The van der Waals surface area contributed by atoms with E-state index >= 15 is 0 Å². The van der Waals surface area contributed by atoms with Crippen LogP contribution >= 0.6 is 0 Å². The number of hydrogen-bond acceptors (Lipinski definition) is 3. The maximum Gasteiger partial charge on any atom is 0.238 e. The van der Waals surface area contributed by atoms with E-state index in [0.717, 1.165) is 11.4 Å². The molecule has 0 unspecified atom stereocenters. The lowest BCUT2D eigenvalue weighted by atomic mass is 10.2. The normalized spacial score (nSPS) is 9.78. The van der Waals surface area contributed by atoms with Crippen molar-refractivity contribution in [3.8, 4) is 11.8 Å². The van der Waals surface area contributed by atoms with Gasteiger partial charge < -0.3 is 5.32 Å². The molecule has 1 amide bonds. The summed E-state index contributed by atoms with van der Waals surface area (Å²) in [7, 11) is 0. The lowest BCUT2D eigenvalue weighted by Crippen LogP contribution is -2.12. The third kappa shape index (κ3) is 2.55. The molecule has 0 bridgehead atoms. The second-order valence-electron chi connectivity index (χ2n) is 3.80. The molecule has 90 valence electrons. The van der Waals surface area contributed by atoms with Crippen LogP contribution in [0.2, 0.25) is 0 Å². The lowest BCUT2D eigenvalue weighted by molar-refractivity contribution is -0.115. The Labute approximate surface area is 105 Å². The van der Waals surface area contributed by atoms with Crippen LogP contribution in [0.25, 0.3) is 5.69 Å². The molecule has 0 saturated carbocycles. The standard InChI is InChI=1S/C13H12N4O/c1-10-7-9-17(16-10)12-5-3-2-4-11(12)15-13(18)6-8-14/h2-5,7,9H,6H2,1H3,(H,15,18). The predicted molar refractivity (Wildman–Crippen MR) is 67.2 cm³/mol. The summed E-state index contributed by atoms with van der Waals surface area (Å²) in [4.78, 5) is 11.4. The van der Waals surface area contributed by atoms with Gasteiger partial charge in [-0.1, -0.05) is 12.1 Å². The van der Waals surface area contributed by atoms with Gasteiger partial charge in [-0.25, -0.2) is 4.68 Å². The molecule has 0 fully saturated rings. The van der Waals surface area contributed by atoms with Crippen molar-refractivity contribution in [1.82, 2.24) is 9.78 Å². The molecular formula is C13H12N4O. The Morgan fingerprint density at radius 2 is 2.22 bits per heavy atom. The molecule has 1 aromatic heterocycles. The number of hydrogen-bond donors (Lipinski definition) is 1. The number of para-hydroxylation sites is 2. The van der Waals surface area contributed by atoms with E-state index in [1.165, 1.54) is 0 Å². The number of aryl methyl sites for hydroxylation is 1. The van der Waals surface area contributed by atoms with Gasteiger partial charge in [0.1, 0.15) is 6.42 Å². The zero-order valence-electron chi connectivity index (χ0n) is 9.92. The molecule has 1 N–H and O–H groups in total. The Hall–Kier alpha value is -2.61. The molecular weight excluding hydrogens is 228 g/mol. The molecule has 0 aliphatic rings. The fourth-order valence-corrected chi connectivity index (χ4v) is 1.59. The minimum Gasteiger partial charge on any atom is -0.323 e. The molecule has 2 aromatic rings. The first kappa shape index (κ1) is 11.9. The summed E-state index contributed by atoms with van der Waals surface area (Å²) in [5.41, 5.74) is 2.31. The summed E-state index contributed by atoms with van der Waals surface area (Å²) in [6.45, 7) is 1.90. The lowest BCUT2D eigenvalue weighted by Gasteiger charge is -2.09. The predicted octanol–water partition coefficient (Wildman–Crippen LogP) is 2.03. The Morgan fingerprint density at radius 1 is 1.44 bits per heavy atom. The minimum atomic E-state index is -0.325. The Balaban J connectivity index is 2.32. The third-order valence-corrected chi connectivity index (χ3v) is 2.39. The monoisotopic (exact) mass is 240 g/mol. The number of anilines is 1. The van der Waals surface area contributed by atoms with Crippen molar-refractivity contribution >= 4 is 11.6 Å². The van der Waals surface area contributed by atoms with Gasteiger partial charge in [0.25, 0.3) is 0 Å². The summed E-state index contributed by atoms with van der Waals surface area (Å²) in [6.07, 6.45) is 1.66. The molecule has 0 radical (unpaired) electrons. The van der Waals surface area contributed by atoms with Crippen LogP contribution in [0.4, 0.5) is 5.69 Å². The Morgan fingerprint density at radius 3 is 2.89 bits per heavy atom. The van der Waals surface area contributed by atoms with Crippen molar-refractivity contribution < 1.29 is 4.79 Å². The largest absolute Gasteiger partial charge is 0.323 e. The molecule has 1 heterocycles. The van der Waals surface area contributed by atoms with Crippen molar-refractivity contribution in [1.29, 1.82) is 5.26 Å². The summed E-state index contributed by atoms with van der Waals surface area (Å²) >= 11 is 0. The number of amides is 1. The first-order valence-corrected chi connectivity index (χ1v) is 5.49. The van der Waals surface area contributed by atoms with Crippen LogP contribution in [-0.4, -0.2) is 15.7 Å². The second kappa shape index (κ2) is 5.15. The van der Waals surface area contributed by atoms with Crippen LogP contribution in [0.15, 0.2) is 36.5 Å². The SMILES string of the molecule is Cc1ccn(-c2ccccc2NC(=O)CC#N)n1. The highest BCUT2D eigenvalue weighted by molar-refractivity contribution is 5.93. The maximum absolute atomic E-state index is 11.4. The van der Waals surface area contributed by atoms with E-state index < -0.39 is 0 Å². The van der Waals surface area contributed by atoms with Crippen LogP contribution in [-0.2, 0) is 4.79 Å². The van der Waals surface area contributed by atoms with Gasteiger partial charge in [0.2, 0.25) is 5.91 Å². The molecule has 5 nitrogen and oxygen atoms in total. The summed E-state index contributed by atoms with van der Waals surface area (Å²) in [5, 5.41) is 15.5. The van der Waals surface area contributed by atoms with Crippen LogP contribution in [0.1, 0.15) is 12.1 Å². The fraction of sp³-hybridized carbons (Fsp3) is 0.154. The number of nitrogens with zero attached hydrogens (tertiary/aromatic N) is 3. The molecule has 18 heavy (non-hydrogen) atoms. The smallest absolute Gasteiger partial charge is 0.238 e. The van der Waals surface area contributed by atoms with Crippen LogP contribution in [0.5, 0.6) is 0 Å². The molecule has 0 aliphatic heterocycles. The van der Waals surface area contributed by atoms with E-state index in [-0.39, 0.29) is 12.3 Å². The molecule has 5 heteroatoms. The molecule has 0 atom stereocenters. The van der Waals surface area contributed by atoms with Gasteiger partial charge in [-0.3, -0.25) is 4.79 Å². The van der Waals surface area contributed by atoms with E-state index in [1.54, 1.807) is 10.7 Å². The molecule has 0 aliphatic carbocycles. The van der Waals surface area contributed by atoms with E-state index in [0.29, 0.717) is 5.69 Å². The minimum absolute atomic E-state index is 0.160. The highest BCUT2D eigenvalue weighted by Gasteiger charge is 2.08. The number of aromatic nitrogens is 2. The quantitative estimate of drug-likeness (QED) is 0.892. The van der Waals surface area contributed by atoms with Gasteiger partial charge in [-0.05, 0) is 25.1 Å². The average Bonchev–Trinajstić information content (AvgIpc) is 2.77. The highest BCUT2D eigenvalue weighted by Crippen LogP contribution is 2.19. The van der Waals surface area contributed by atoms with E-state index in [9.17, 15) is 4.79 Å². The van der Waals surface area contributed by atoms with Crippen molar-refractivity contribution in [3.63, 3.8) is 0 Å². The third-order valence-electron chi connectivity index (χ3n) is 2.39. The number of carbonyl (C=O) groups excluding carboxylic acids is 1. The molecule has 1 aromatic carbocycles.